The van der Waals surface area contributed by atoms with Crippen LogP contribution in [0.2, 0.25) is 0 Å². The van der Waals surface area contributed by atoms with Crippen molar-refractivity contribution in [3.8, 4) is 0 Å². The summed E-state index contributed by atoms with van der Waals surface area (Å²) >= 11 is 7.49. The average Bonchev–Trinajstić information content (AvgIpc) is 2.79. The molecule has 2 nitrogen and oxygen atoms in total. The van der Waals surface area contributed by atoms with Gasteiger partial charge in [-0.2, -0.15) is 0 Å². The molecule has 82 valence electrons. The van der Waals surface area contributed by atoms with Crippen LogP contribution in [-0.4, -0.2) is 10.2 Å². The number of nitrogens with zero attached hydrogens (tertiary/aromatic N) is 2. The van der Waals surface area contributed by atoms with Crippen LogP contribution in [0.25, 0.3) is 0 Å². The van der Waals surface area contributed by atoms with Crippen LogP contribution in [0.3, 0.4) is 0 Å². The topological polar surface area (TPSA) is 25.8 Å². The van der Waals surface area contributed by atoms with Crippen molar-refractivity contribution in [3.05, 3.63) is 10.0 Å². The second kappa shape index (κ2) is 4.02. The molecule has 2 bridgehead atoms. The number of alkyl halides is 1. The number of hydrogen-bond donors (Lipinski definition) is 0. The van der Waals surface area contributed by atoms with Gasteiger partial charge in [-0.1, -0.05) is 24.2 Å². The standard InChI is InChI=1S/C11H15ClN2S/c12-6-10-13-14-11(15-10)9-5-7-1-3-8(9)4-2-7/h7-9H,1-6H2. The van der Waals surface area contributed by atoms with Gasteiger partial charge in [0.25, 0.3) is 0 Å². The summed E-state index contributed by atoms with van der Waals surface area (Å²) in [5.41, 5.74) is 0. The molecule has 1 aromatic heterocycles. The van der Waals surface area contributed by atoms with Crippen LogP contribution in [0, 0.1) is 11.8 Å². The lowest BCUT2D eigenvalue weighted by molar-refractivity contribution is 0.144. The first-order chi connectivity index (χ1) is 7.36. The van der Waals surface area contributed by atoms with E-state index in [0.29, 0.717) is 11.8 Å². The minimum atomic E-state index is 0.512. The number of hydrogen-bond acceptors (Lipinski definition) is 3. The van der Waals surface area contributed by atoms with Crippen LogP contribution >= 0.6 is 22.9 Å². The molecular formula is C11H15ClN2S. The largest absolute Gasteiger partial charge is 0.143 e. The molecule has 0 N–H and O–H groups in total. The average molecular weight is 243 g/mol. The van der Waals surface area contributed by atoms with Gasteiger partial charge in [0.05, 0.1) is 5.88 Å². The maximum absolute atomic E-state index is 5.77. The second-order valence-corrected chi connectivity index (χ2v) is 6.15. The summed E-state index contributed by atoms with van der Waals surface area (Å²) < 4.78 is 0. The van der Waals surface area contributed by atoms with E-state index in [9.17, 15) is 0 Å². The SMILES string of the molecule is ClCc1nnc(C2CC3CCC2CC3)s1. The van der Waals surface area contributed by atoms with Gasteiger partial charge in [-0.05, 0) is 31.1 Å². The van der Waals surface area contributed by atoms with Gasteiger partial charge in [0.2, 0.25) is 0 Å². The van der Waals surface area contributed by atoms with Crippen LogP contribution in [0.1, 0.15) is 48.0 Å². The quantitative estimate of drug-likeness (QED) is 0.741. The molecule has 3 aliphatic carbocycles. The highest BCUT2D eigenvalue weighted by molar-refractivity contribution is 7.11. The molecule has 1 aromatic rings. The van der Waals surface area contributed by atoms with E-state index in [1.165, 1.54) is 37.1 Å². The second-order valence-electron chi connectivity index (χ2n) is 4.79. The highest BCUT2D eigenvalue weighted by atomic mass is 35.5. The van der Waals surface area contributed by atoms with Crippen molar-refractivity contribution in [1.29, 1.82) is 0 Å². The normalized spacial score (nSPS) is 34.6. The Bertz CT molecular complexity index is 344. The maximum Gasteiger partial charge on any atom is 0.132 e. The summed E-state index contributed by atoms with van der Waals surface area (Å²) in [6.07, 6.45) is 7.06. The van der Waals surface area contributed by atoms with Crippen molar-refractivity contribution in [3.63, 3.8) is 0 Å². The first kappa shape index (κ1) is 10.0. The molecule has 1 atom stereocenters. The molecule has 0 spiro atoms. The molecule has 4 heteroatoms. The van der Waals surface area contributed by atoms with Crippen LogP contribution in [0.15, 0.2) is 0 Å². The lowest BCUT2D eigenvalue weighted by Crippen LogP contribution is -2.29. The number of aromatic nitrogens is 2. The van der Waals surface area contributed by atoms with Gasteiger partial charge in [0.15, 0.2) is 0 Å². The fourth-order valence-electron chi connectivity index (χ4n) is 3.15. The summed E-state index contributed by atoms with van der Waals surface area (Å²) in [6.45, 7) is 0. The summed E-state index contributed by atoms with van der Waals surface area (Å²) in [5.74, 6) is 3.06. The Labute approximate surface area is 99.1 Å². The van der Waals surface area contributed by atoms with Crippen molar-refractivity contribution in [2.45, 2.75) is 43.9 Å². The van der Waals surface area contributed by atoms with Gasteiger partial charge >= 0.3 is 0 Å². The fraction of sp³-hybridized carbons (Fsp3) is 0.818. The number of rotatable bonds is 2. The molecule has 0 saturated heterocycles. The molecular weight excluding hydrogens is 228 g/mol. The van der Waals surface area contributed by atoms with Gasteiger partial charge in [-0.15, -0.1) is 21.8 Å². The van der Waals surface area contributed by atoms with Gasteiger partial charge in [0, 0.05) is 5.92 Å². The molecule has 0 amide bonds. The third-order valence-electron chi connectivity index (χ3n) is 3.96. The number of fused-ring (bicyclic) bond motifs is 3. The Morgan fingerprint density at radius 2 is 2.00 bits per heavy atom. The predicted octanol–water partition coefficient (Wildman–Crippen LogP) is 3.57. The fourth-order valence-corrected chi connectivity index (χ4v) is 4.27. The van der Waals surface area contributed by atoms with Crippen molar-refractivity contribution in [2.24, 2.45) is 11.8 Å². The molecule has 1 heterocycles. The minimum Gasteiger partial charge on any atom is -0.143 e. The summed E-state index contributed by atoms with van der Waals surface area (Å²) in [5, 5.41) is 10.7. The van der Waals surface area contributed by atoms with E-state index in [-0.39, 0.29) is 0 Å². The van der Waals surface area contributed by atoms with Crippen molar-refractivity contribution >= 4 is 22.9 Å². The summed E-state index contributed by atoms with van der Waals surface area (Å²) in [4.78, 5) is 0. The lowest BCUT2D eigenvalue weighted by Gasteiger charge is -2.41. The molecule has 4 rings (SSSR count). The number of halogens is 1. The zero-order chi connectivity index (χ0) is 10.3. The van der Waals surface area contributed by atoms with E-state index >= 15 is 0 Å². The molecule has 0 aliphatic heterocycles. The van der Waals surface area contributed by atoms with E-state index in [1.54, 1.807) is 11.3 Å². The zero-order valence-corrected chi connectivity index (χ0v) is 10.2. The van der Waals surface area contributed by atoms with Crippen molar-refractivity contribution in [2.75, 3.05) is 0 Å². The maximum atomic E-state index is 5.77. The Morgan fingerprint density at radius 1 is 1.20 bits per heavy atom. The third kappa shape index (κ3) is 1.80. The van der Waals surface area contributed by atoms with Crippen LogP contribution in [0.4, 0.5) is 0 Å². The van der Waals surface area contributed by atoms with E-state index in [4.69, 9.17) is 11.6 Å². The van der Waals surface area contributed by atoms with E-state index in [0.717, 1.165) is 16.8 Å². The zero-order valence-electron chi connectivity index (χ0n) is 8.66. The van der Waals surface area contributed by atoms with Crippen LogP contribution < -0.4 is 0 Å². The molecule has 1 unspecified atom stereocenters. The predicted molar refractivity (Wildman–Crippen MR) is 62.3 cm³/mol. The van der Waals surface area contributed by atoms with Crippen molar-refractivity contribution < 1.29 is 0 Å². The smallest absolute Gasteiger partial charge is 0.132 e. The van der Waals surface area contributed by atoms with Crippen LogP contribution in [-0.2, 0) is 5.88 Å². The first-order valence-electron chi connectivity index (χ1n) is 5.75. The molecule has 15 heavy (non-hydrogen) atoms. The Morgan fingerprint density at radius 3 is 2.53 bits per heavy atom. The highest BCUT2D eigenvalue weighted by Gasteiger charge is 2.37. The summed E-state index contributed by atoms with van der Waals surface area (Å²) in [6, 6.07) is 0. The van der Waals surface area contributed by atoms with Gasteiger partial charge in [-0.3, -0.25) is 0 Å². The lowest BCUT2D eigenvalue weighted by atomic mass is 9.65. The van der Waals surface area contributed by atoms with Gasteiger partial charge in [-0.25, -0.2) is 0 Å². The molecule has 3 fully saturated rings. The molecule has 3 saturated carbocycles. The Kier molecular flexibility index (Phi) is 2.69. The Hall–Kier alpha value is -0.150. The molecule has 0 aromatic carbocycles. The molecule has 3 aliphatic rings. The van der Waals surface area contributed by atoms with Crippen LogP contribution in [0.5, 0.6) is 0 Å². The van der Waals surface area contributed by atoms with E-state index in [2.05, 4.69) is 10.2 Å². The minimum absolute atomic E-state index is 0.512. The van der Waals surface area contributed by atoms with Gasteiger partial charge in [0.1, 0.15) is 10.0 Å². The monoisotopic (exact) mass is 242 g/mol. The van der Waals surface area contributed by atoms with Gasteiger partial charge < -0.3 is 0 Å². The Balaban J connectivity index is 1.81. The van der Waals surface area contributed by atoms with Crippen molar-refractivity contribution in [1.82, 2.24) is 10.2 Å². The molecule has 0 radical (unpaired) electrons. The summed E-state index contributed by atoms with van der Waals surface area (Å²) in [7, 11) is 0. The highest BCUT2D eigenvalue weighted by Crippen LogP contribution is 2.49. The van der Waals surface area contributed by atoms with E-state index < -0.39 is 0 Å². The van der Waals surface area contributed by atoms with E-state index in [1.807, 2.05) is 0 Å². The first-order valence-corrected chi connectivity index (χ1v) is 7.10. The third-order valence-corrected chi connectivity index (χ3v) is 5.43.